The number of hydrogen-bond acceptors (Lipinski definition) is 7. The predicted octanol–water partition coefficient (Wildman–Crippen LogP) is 1.34. The third kappa shape index (κ3) is 5.56. The molecule has 1 aliphatic rings. The van der Waals surface area contributed by atoms with Crippen LogP contribution in [0.4, 0.5) is 29.8 Å². The van der Waals surface area contributed by atoms with Gasteiger partial charge in [-0.15, -0.1) is 0 Å². The van der Waals surface area contributed by atoms with E-state index < -0.39 is 23.8 Å². The van der Waals surface area contributed by atoms with Gasteiger partial charge in [0.25, 0.3) is 0 Å². The van der Waals surface area contributed by atoms with Crippen molar-refractivity contribution in [1.82, 2.24) is 25.3 Å². The van der Waals surface area contributed by atoms with E-state index in [0.29, 0.717) is 38.2 Å². The quantitative estimate of drug-likeness (QED) is 0.760. The van der Waals surface area contributed by atoms with Crippen LogP contribution in [0.2, 0.25) is 0 Å². The Labute approximate surface area is 163 Å². The van der Waals surface area contributed by atoms with Crippen molar-refractivity contribution in [2.24, 2.45) is 0 Å². The molecule has 0 atom stereocenters. The van der Waals surface area contributed by atoms with Crippen molar-refractivity contribution in [3.63, 3.8) is 0 Å². The number of carbonyl (C=O) groups excluding carboxylic acids is 2. The molecule has 29 heavy (non-hydrogen) atoms. The summed E-state index contributed by atoms with van der Waals surface area (Å²) in [6.45, 7) is 2.21. The fourth-order valence-corrected chi connectivity index (χ4v) is 2.68. The summed E-state index contributed by atoms with van der Waals surface area (Å²) < 4.78 is 41.7. The highest BCUT2D eigenvalue weighted by Crippen LogP contribution is 2.29. The molecule has 2 N–H and O–H groups in total. The molecule has 13 heteroatoms. The highest BCUT2D eigenvalue weighted by Gasteiger charge is 2.35. The van der Waals surface area contributed by atoms with Crippen LogP contribution in [-0.4, -0.2) is 64.7 Å². The van der Waals surface area contributed by atoms with Gasteiger partial charge in [-0.25, -0.2) is 14.8 Å². The van der Waals surface area contributed by atoms with Crippen LogP contribution in [0.15, 0.2) is 29.0 Å². The lowest BCUT2D eigenvalue weighted by molar-refractivity contribution is -0.142. The molecular formula is C16H18F3N7O3. The zero-order chi connectivity index (χ0) is 20.9. The zero-order valence-corrected chi connectivity index (χ0v) is 15.1. The normalized spacial score (nSPS) is 14.6. The molecule has 1 saturated heterocycles. The second-order valence-electron chi connectivity index (χ2n) is 6.12. The maximum atomic E-state index is 12.4. The molecule has 1 aliphatic heterocycles. The van der Waals surface area contributed by atoms with Gasteiger partial charge >= 0.3 is 12.2 Å². The Kier molecular flexibility index (Phi) is 6.14. The molecule has 0 spiro atoms. The predicted molar refractivity (Wildman–Crippen MR) is 94.0 cm³/mol. The van der Waals surface area contributed by atoms with Gasteiger partial charge in [-0.1, -0.05) is 5.16 Å². The van der Waals surface area contributed by atoms with E-state index >= 15 is 0 Å². The first kappa shape index (κ1) is 20.4. The summed E-state index contributed by atoms with van der Waals surface area (Å²) in [6, 6.07) is 1.50. The number of urea groups is 1. The molecule has 0 aliphatic carbocycles. The van der Waals surface area contributed by atoms with Gasteiger partial charge in [-0.3, -0.25) is 10.1 Å². The van der Waals surface area contributed by atoms with E-state index in [0.717, 1.165) is 0 Å². The highest BCUT2D eigenvalue weighted by atomic mass is 19.4. The Morgan fingerprint density at radius 2 is 1.83 bits per heavy atom. The summed E-state index contributed by atoms with van der Waals surface area (Å²) in [4.78, 5) is 35.9. The first-order valence-electron chi connectivity index (χ1n) is 8.71. The van der Waals surface area contributed by atoms with E-state index in [-0.39, 0.29) is 18.9 Å². The molecule has 3 heterocycles. The zero-order valence-electron chi connectivity index (χ0n) is 15.1. The number of piperazine rings is 1. The number of halogens is 3. The fraction of sp³-hybridized carbons (Fsp3) is 0.438. The van der Waals surface area contributed by atoms with E-state index in [1.165, 1.54) is 0 Å². The Bertz CT molecular complexity index is 836. The molecule has 0 saturated carbocycles. The second kappa shape index (κ2) is 8.75. The van der Waals surface area contributed by atoms with Gasteiger partial charge in [-0.2, -0.15) is 13.2 Å². The van der Waals surface area contributed by atoms with Crippen LogP contribution < -0.4 is 15.5 Å². The van der Waals surface area contributed by atoms with E-state index in [1.54, 1.807) is 23.4 Å². The number of carbonyl (C=O) groups is 2. The van der Waals surface area contributed by atoms with E-state index in [4.69, 9.17) is 0 Å². The lowest BCUT2D eigenvalue weighted by atomic mass is 10.3. The summed E-state index contributed by atoms with van der Waals surface area (Å²) in [5, 5.41) is 7.30. The van der Waals surface area contributed by atoms with E-state index in [9.17, 15) is 22.8 Å². The highest BCUT2D eigenvalue weighted by molar-refractivity contribution is 5.88. The maximum absolute atomic E-state index is 12.4. The van der Waals surface area contributed by atoms with Crippen molar-refractivity contribution >= 4 is 23.8 Å². The molecule has 2 aromatic heterocycles. The molecule has 0 unspecified atom stereocenters. The molecular weight excluding hydrogens is 395 g/mol. The standard InChI is InChI=1S/C16H18F3N7O3/c17-16(18,19)11-10-12(29-24-11)23-15(28)22-5-2-13(27)25-6-8-26(9-7-25)14-20-3-1-4-21-14/h1,3-4,10H,2,5-9H2,(H2,22,23,28). The van der Waals surface area contributed by atoms with E-state index in [1.807, 2.05) is 4.90 Å². The van der Waals surface area contributed by atoms with Crippen molar-refractivity contribution < 1.29 is 27.3 Å². The number of hydrogen-bond donors (Lipinski definition) is 2. The third-order valence-electron chi connectivity index (χ3n) is 4.13. The van der Waals surface area contributed by atoms with Crippen LogP contribution in [0.25, 0.3) is 0 Å². The molecule has 156 valence electrons. The SMILES string of the molecule is O=C(NCCC(=O)N1CCN(c2ncccn2)CC1)Nc1cc(C(F)(F)F)no1. The molecule has 3 rings (SSSR count). The number of alkyl halides is 3. The Hall–Kier alpha value is -3.38. The summed E-state index contributed by atoms with van der Waals surface area (Å²) in [7, 11) is 0. The average molecular weight is 413 g/mol. The topological polar surface area (TPSA) is 116 Å². The van der Waals surface area contributed by atoms with Crippen molar-refractivity contribution in [1.29, 1.82) is 0 Å². The number of aromatic nitrogens is 3. The van der Waals surface area contributed by atoms with Gasteiger partial charge in [0, 0.05) is 57.6 Å². The van der Waals surface area contributed by atoms with Crippen molar-refractivity contribution in [3.05, 3.63) is 30.2 Å². The lowest BCUT2D eigenvalue weighted by Crippen LogP contribution is -2.49. The van der Waals surface area contributed by atoms with Gasteiger partial charge in [0.15, 0.2) is 5.69 Å². The molecule has 0 aromatic carbocycles. The van der Waals surface area contributed by atoms with Crippen LogP contribution >= 0.6 is 0 Å². The maximum Gasteiger partial charge on any atom is 0.436 e. The Morgan fingerprint density at radius 1 is 1.14 bits per heavy atom. The first-order chi connectivity index (χ1) is 13.8. The lowest BCUT2D eigenvalue weighted by Gasteiger charge is -2.34. The Morgan fingerprint density at radius 3 is 2.45 bits per heavy atom. The molecule has 3 amide bonds. The first-order valence-corrected chi connectivity index (χ1v) is 8.71. The molecule has 2 aromatic rings. The van der Waals surface area contributed by atoms with Crippen LogP contribution in [0.1, 0.15) is 12.1 Å². The third-order valence-corrected chi connectivity index (χ3v) is 4.13. The second-order valence-corrected chi connectivity index (χ2v) is 6.12. The summed E-state index contributed by atoms with van der Waals surface area (Å²) >= 11 is 0. The fourth-order valence-electron chi connectivity index (χ4n) is 2.68. The van der Waals surface area contributed by atoms with Gasteiger partial charge in [0.1, 0.15) is 0 Å². The minimum Gasteiger partial charge on any atom is -0.339 e. The van der Waals surface area contributed by atoms with Crippen molar-refractivity contribution in [2.75, 3.05) is 42.9 Å². The molecule has 10 nitrogen and oxygen atoms in total. The van der Waals surface area contributed by atoms with Crippen LogP contribution in [0, 0.1) is 0 Å². The average Bonchev–Trinajstić information content (AvgIpc) is 3.17. The molecule has 0 radical (unpaired) electrons. The van der Waals surface area contributed by atoms with Gasteiger partial charge in [0.05, 0.1) is 0 Å². The van der Waals surface area contributed by atoms with Crippen molar-refractivity contribution in [2.45, 2.75) is 12.6 Å². The smallest absolute Gasteiger partial charge is 0.339 e. The number of nitrogens with zero attached hydrogens (tertiary/aromatic N) is 5. The minimum atomic E-state index is -4.66. The summed E-state index contributed by atoms with van der Waals surface area (Å²) in [5.41, 5.74) is -1.25. The Balaban J connectivity index is 1.37. The largest absolute Gasteiger partial charge is 0.436 e. The summed E-state index contributed by atoms with van der Waals surface area (Å²) in [6.07, 6.45) is -1.30. The van der Waals surface area contributed by atoms with Crippen molar-refractivity contribution in [3.8, 4) is 0 Å². The number of anilines is 2. The summed E-state index contributed by atoms with van der Waals surface area (Å²) in [5.74, 6) is 0.0254. The number of rotatable bonds is 5. The molecule has 1 fully saturated rings. The van der Waals surface area contributed by atoms with Gasteiger partial charge in [0.2, 0.25) is 17.7 Å². The van der Waals surface area contributed by atoms with Crippen LogP contribution in [0.3, 0.4) is 0 Å². The minimum absolute atomic E-state index is 0.0208. The van der Waals surface area contributed by atoms with Gasteiger partial charge < -0.3 is 19.6 Å². The van der Waals surface area contributed by atoms with Crippen LogP contribution in [0.5, 0.6) is 0 Å². The molecule has 0 bridgehead atoms. The van der Waals surface area contributed by atoms with Crippen LogP contribution in [-0.2, 0) is 11.0 Å². The number of amides is 3. The monoisotopic (exact) mass is 413 g/mol. The van der Waals surface area contributed by atoms with Gasteiger partial charge in [-0.05, 0) is 6.07 Å². The van der Waals surface area contributed by atoms with E-state index in [2.05, 4.69) is 30.3 Å². The number of nitrogens with one attached hydrogen (secondary N) is 2.